The predicted octanol–water partition coefficient (Wildman–Crippen LogP) is 2.59. The highest BCUT2D eigenvalue weighted by molar-refractivity contribution is 6.30. The molecule has 0 bridgehead atoms. The molecule has 0 aliphatic carbocycles. The Kier molecular flexibility index (Phi) is 6.12. The van der Waals surface area contributed by atoms with Crippen molar-refractivity contribution in [2.45, 2.75) is 18.9 Å². The van der Waals surface area contributed by atoms with E-state index in [0.717, 1.165) is 12.8 Å². The summed E-state index contributed by atoms with van der Waals surface area (Å²) in [5.41, 5.74) is 0. The second kappa shape index (κ2) is 8.71. The molecule has 1 atom stereocenters. The number of aromatic nitrogens is 2. The number of likely N-dealkylation sites (tertiary alicyclic amines) is 1. The third-order valence-electron chi connectivity index (χ3n) is 3.98. The predicted molar refractivity (Wildman–Crippen MR) is 95.8 cm³/mol. The van der Waals surface area contributed by atoms with Gasteiger partial charge in [-0.15, -0.1) is 0 Å². The molecule has 1 saturated heterocycles. The van der Waals surface area contributed by atoms with Gasteiger partial charge in [-0.1, -0.05) is 11.6 Å². The summed E-state index contributed by atoms with van der Waals surface area (Å²) in [5.74, 6) is 0.975. The number of carbonyl (C=O) groups is 1. The van der Waals surface area contributed by atoms with Crippen molar-refractivity contribution in [2.24, 2.45) is 0 Å². The van der Waals surface area contributed by atoms with Gasteiger partial charge in [0.1, 0.15) is 11.9 Å². The number of benzene rings is 1. The first-order valence-corrected chi connectivity index (χ1v) is 8.71. The molecule has 0 spiro atoms. The number of ether oxygens (including phenoxy) is 3. The average Bonchev–Trinajstić information content (AvgIpc) is 2.67. The molecular weight excluding hydrogens is 358 g/mol. The molecule has 2 aromatic rings. The number of rotatable bonds is 6. The van der Waals surface area contributed by atoms with E-state index < -0.39 is 0 Å². The number of carbonyl (C=O) groups excluding carboxylic acids is 1. The first kappa shape index (κ1) is 18.3. The van der Waals surface area contributed by atoms with Crippen molar-refractivity contribution in [2.75, 3.05) is 26.8 Å². The van der Waals surface area contributed by atoms with Crippen molar-refractivity contribution in [3.63, 3.8) is 0 Å². The minimum atomic E-state index is -0.122. The van der Waals surface area contributed by atoms with Gasteiger partial charge >= 0.3 is 6.01 Å². The molecule has 138 valence electrons. The van der Waals surface area contributed by atoms with E-state index in [-0.39, 0.29) is 24.6 Å². The minimum absolute atomic E-state index is 0.0182. The van der Waals surface area contributed by atoms with E-state index >= 15 is 0 Å². The standard InChI is InChI=1S/C18H20ClN3O4/c1-24-18-20-9-8-16(21-18)26-15-3-2-10-22(11-15)17(23)12-25-14-6-4-13(19)5-7-14/h4-9,15H,2-3,10-12H2,1H3. The van der Waals surface area contributed by atoms with Crippen LogP contribution >= 0.6 is 11.6 Å². The van der Waals surface area contributed by atoms with Crippen molar-refractivity contribution in [3.8, 4) is 17.6 Å². The van der Waals surface area contributed by atoms with Crippen LogP contribution in [0.25, 0.3) is 0 Å². The van der Waals surface area contributed by atoms with Gasteiger partial charge in [0.25, 0.3) is 5.91 Å². The number of methoxy groups -OCH3 is 1. The summed E-state index contributed by atoms with van der Waals surface area (Å²) >= 11 is 5.84. The maximum absolute atomic E-state index is 12.4. The van der Waals surface area contributed by atoms with Gasteiger partial charge in [-0.2, -0.15) is 4.98 Å². The Bertz CT molecular complexity index is 741. The lowest BCUT2D eigenvalue weighted by atomic mass is 10.1. The van der Waals surface area contributed by atoms with E-state index in [4.69, 9.17) is 25.8 Å². The molecule has 8 heteroatoms. The topological polar surface area (TPSA) is 73.8 Å². The molecule has 1 fully saturated rings. The Morgan fingerprint density at radius 3 is 2.88 bits per heavy atom. The molecule has 1 amide bonds. The highest BCUT2D eigenvalue weighted by Gasteiger charge is 2.25. The van der Waals surface area contributed by atoms with Crippen molar-refractivity contribution in [1.82, 2.24) is 14.9 Å². The lowest BCUT2D eigenvalue weighted by molar-refractivity contribution is -0.136. The molecule has 3 rings (SSSR count). The van der Waals surface area contributed by atoms with E-state index in [1.54, 1.807) is 41.4 Å². The van der Waals surface area contributed by atoms with Crippen LogP contribution in [-0.2, 0) is 4.79 Å². The third-order valence-corrected chi connectivity index (χ3v) is 4.24. The number of halogens is 1. The van der Waals surface area contributed by atoms with Crippen LogP contribution in [0.15, 0.2) is 36.5 Å². The van der Waals surface area contributed by atoms with Crippen LogP contribution in [0.5, 0.6) is 17.6 Å². The number of nitrogens with zero attached hydrogens (tertiary/aromatic N) is 3. The molecule has 1 aliphatic heterocycles. The number of amides is 1. The molecule has 2 heterocycles. The fraction of sp³-hybridized carbons (Fsp3) is 0.389. The number of hydrogen-bond acceptors (Lipinski definition) is 6. The summed E-state index contributed by atoms with van der Waals surface area (Å²) < 4.78 is 16.4. The number of piperidine rings is 1. The molecule has 0 radical (unpaired) electrons. The van der Waals surface area contributed by atoms with Crippen LogP contribution in [0.3, 0.4) is 0 Å². The van der Waals surface area contributed by atoms with Gasteiger partial charge in [-0.05, 0) is 37.1 Å². The highest BCUT2D eigenvalue weighted by atomic mass is 35.5. The number of hydrogen-bond donors (Lipinski definition) is 0. The van der Waals surface area contributed by atoms with Crippen LogP contribution in [0.4, 0.5) is 0 Å². The summed E-state index contributed by atoms with van der Waals surface area (Å²) in [5, 5.41) is 0.626. The Balaban J connectivity index is 1.52. The van der Waals surface area contributed by atoms with Gasteiger partial charge in [0.05, 0.1) is 13.7 Å². The second-order valence-electron chi connectivity index (χ2n) is 5.85. The van der Waals surface area contributed by atoms with Crippen molar-refractivity contribution >= 4 is 17.5 Å². The summed E-state index contributed by atoms with van der Waals surface area (Å²) in [6.45, 7) is 1.17. The van der Waals surface area contributed by atoms with Crippen molar-refractivity contribution < 1.29 is 19.0 Å². The largest absolute Gasteiger partial charge is 0.484 e. The van der Waals surface area contributed by atoms with Gasteiger partial charge in [0, 0.05) is 23.8 Å². The monoisotopic (exact) mass is 377 g/mol. The zero-order chi connectivity index (χ0) is 18.4. The van der Waals surface area contributed by atoms with Gasteiger partial charge in [0.15, 0.2) is 6.61 Å². The summed E-state index contributed by atoms with van der Waals surface area (Å²) in [7, 11) is 1.50. The zero-order valence-corrected chi connectivity index (χ0v) is 15.2. The molecular formula is C18H20ClN3O4. The zero-order valence-electron chi connectivity index (χ0n) is 14.4. The van der Waals surface area contributed by atoms with Gasteiger partial charge < -0.3 is 19.1 Å². The van der Waals surface area contributed by atoms with Crippen LogP contribution in [0.2, 0.25) is 5.02 Å². The molecule has 1 aliphatic rings. The molecule has 1 aromatic carbocycles. The molecule has 0 N–H and O–H groups in total. The fourth-order valence-electron chi connectivity index (χ4n) is 2.69. The summed E-state index contributed by atoms with van der Waals surface area (Å²) in [6.07, 6.45) is 3.17. The normalized spacial score (nSPS) is 16.8. The van der Waals surface area contributed by atoms with Crippen molar-refractivity contribution in [1.29, 1.82) is 0 Å². The quantitative estimate of drug-likeness (QED) is 0.770. The Hall–Kier alpha value is -2.54. The minimum Gasteiger partial charge on any atom is -0.484 e. The van der Waals surface area contributed by atoms with Gasteiger partial charge in [-0.3, -0.25) is 4.79 Å². The van der Waals surface area contributed by atoms with E-state index in [1.807, 2.05) is 0 Å². The van der Waals surface area contributed by atoms with E-state index in [0.29, 0.717) is 29.7 Å². The summed E-state index contributed by atoms with van der Waals surface area (Å²) in [4.78, 5) is 22.3. The lowest BCUT2D eigenvalue weighted by Crippen LogP contribution is -2.46. The first-order valence-electron chi connectivity index (χ1n) is 8.34. The van der Waals surface area contributed by atoms with E-state index in [1.165, 1.54) is 7.11 Å². The van der Waals surface area contributed by atoms with Crippen molar-refractivity contribution in [3.05, 3.63) is 41.6 Å². The Morgan fingerprint density at radius 1 is 1.31 bits per heavy atom. The highest BCUT2D eigenvalue weighted by Crippen LogP contribution is 2.19. The summed E-state index contributed by atoms with van der Waals surface area (Å²) in [6, 6.07) is 8.85. The maximum Gasteiger partial charge on any atom is 0.319 e. The molecule has 26 heavy (non-hydrogen) atoms. The SMILES string of the molecule is COc1nccc(OC2CCCN(C(=O)COc3ccc(Cl)cc3)C2)n1. The third kappa shape index (κ3) is 4.98. The second-order valence-corrected chi connectivity index (χ2v) is 6.28. The lowest BCUT2D eigenvalue weighted by Gasteiger charge is -2.32. The van der Waals surface area contributed by atoms with Crippen LogP contribution in [0, 0.1) is 0 Å². The molecule has 1 unspecified atom stereocenters. The van der Waals surface area contributed by atoms with Crippen LogP contribution < -0.4 is 14.2 Å². The molecule has 0 saturated carbocycles. The fourth-order valence-corrected chi connectivity index (χ4v) is 2.81. The Labute approximate surface area is 156 Å². The molecule has 1 aromatic heterocycles. The van der Waals surface area contributed by atoms with Gasteiger partial charge in [-0.25, -0.2) is 4.98 Å². The first-order chi connectivity index (χ1) is 12.6. The van der Waals surface area contributed by atoms with Crippen LogP contribution in [0.1, 0.15) is 12.8 Å². The van der Waals surface area contributed by atoms with E-state index in [2.05, 4.69) is 9.97 Å². The van der Waals surface area contributed by atoms with Crippen LogP contribution in [-0.4, -0.2) is 53.7 Å². The molecule has 7 nitrogen and oxygen atoms in total. The van der Waals surface area contributed by atoms with E-state index in [9.17, 15) is 4.79 Å². The maximum atomic E-state index is 12.4. The van der Waals surface area contributed by atoms with Gasteiger partial charge in [0.2, 0.25) is 5.88 Å². The smallest absolute Gasteiger partial charge is 0.319 e. The average molecular weight is 378 g/mol. The Morgan fingerprint density at radius 2 is 2.12 bits per heavy atom.